The van der Waals surface area contributed by atoms with Crippen LogP contribution < -0.4 is 21.3 Å². The molecular formula is C67H112N4O47. The summed E-state index contributed by atoms with van der Waals surface area (Å²) in [5.41, 5.74) is 0. The van der Waals surface area contributed by atoms with Gasteiger partial charge in [-0.3, -0.25) is 24.0 Å². The van der Waals surface area contributed by atoms with E-state index in [0.717, 1.165) is 27.7 Å². The first-order chi connectivity index (χ1) is 55.8. The van der Waals surface area contributed by atoms with Crippen LogP contribution in [0.15, 0.2) is 0 Å². The summed E-state index contributed by atoms with van der Waals surface area (Å²) in [6.45, 7) is -3.02. The van der Waals surface area contributed by atoms with Gasteiger partial charge in [-0.2, -0.15) is 0 Å². The summed E-state index contributed by atoms with van der Waals surface area (Å²) in [6, 6.07) is -6.84. The molecule has 0 aromatic rings. The van der Waals surface area contributed by atoms with Crippen LogP contribution in [0.4, 0.5) is 0 Å². The van der Waals surface area contributed by atoms with Gasteiger partial charge in [-0.05, 0) is 6.92 Å². The standard InChI is InChI=1S/C67H112N4O47/c1-18-24(84)7-67(103-17-79,118-53(18)38(86)25(85)8-72)102-16-33-42(90)48(96)51(99)63(111-33)113-55-30(13-77)109-62(37(47(55)95)71-23(6)83)116-58-49(97)40(88)27(10-74)106-65(58)101-15-32-43(91)57(115-66-59(50(98)41(89)28(11-75)107-66)117-60-35(69-21(4)81)44(92)39(87)26(9-73)105-60)52(100)64(110-32)114-56-31(14-78)108-61(36(46(56)94)70-22(5)82)112-54-29(12-76)104-19(2)34(45(54)93)68-20(3)80/h17-19,24-66,72-78,84-100H,7-16H2,1-6H3,(H,68,80)(H,69,81)(H,70,82)(H,71,83)/t18-,19+,24-,25-,26?,27?,28?,29?,30+,31?,32?,33?,34-,35?,36+,37?,38-,39-,40-,41-,42+,43-,44-,45?,46?,47?,48+,49+,50?,51?,52-,53?,54-,55-,56-,57?,58?,59?,60+,61+,62+,63+,64+,65+,66-,67+/m1/s1. The quantitative estimate of drug-likeness (QED) is 0.0214. The number of rotatable bonds is 33. The first-order valence-electron chi connectivity index (χ1n) is 37.9. The molecule has 0 aromatic carbocycles. The highest BCUT2D eigenvalue weighted by Crippen LogP contribution is 2.42. The fourth-order valence-electron chi connectivity index (χ4n) is 15.4. The molecule has 9 rings (SSSR count). The number of carbonyl (C=O) groups is 5. The molecule has 46 atom stereocenters. The average molecular weight is 1730 g/mol. The van der Waals surface area contributed by atoms with Crippen molar-refractivity contribution in [2.75, 3.05) is 59.5 Å². The van der Waals surface area contributed by atoms with Crippen molar-refractivity contribution in [3.63, 3.8) is 0 Å². The molecule has 682 valence electrons. The van der Waals surface area contributed by atoms with E-state index in [-0.39, 0.29) is 6.47 Å². The number of hydrogen-bond donors (Lipinski definition) is 28. The van der Waals surface area contributed by atoms with Gasteiger partial charge in [0.2, 0.25) is 23.6 Å². The summed E-state index contributed by atoms with van der Waals surface area (Å²) in [7, 11) is 0. The monoisotopic (exact) mass is 1720 g/mol. The van der Waals surface area contributed by atoms with E-state index in [4.69, 9.17) is 85.3 Å². The number of hydrogen-bond acceptors (Lipinski definition) is 47. The lowest BCUT2D eigenvalue weighted by Crippen LogP contribution is -2.70. The highest BCUT2D eigenvalue weighted by Gasteiger charge is 2.61. The van der Waals surface area contributed by atoms with Gasteiger partial charge >= 0.3 is 5.97 Å². The van der Waals surface area contributed by atoms with Gasteiger partial charge in [0, 0.05) is 33.6 Å². The Morgan fingerprint density at radius 3 is 1.19 bits per heavy atom. The second-order valence-electron chi connectivity index (χ2n) is 30.1. The summed E-state index contributed by atoms with van der Waals surface area (Å²) in [5.74, 6) is -7.04. The maximum atomic E-state index is 13.1. The average Bonchev–Trinajstić information content (AvgIpc) is 0.789. The van der Waals surface area contributed by atoms with Gasteiger partial charge < -0.3 is 229 Å². The Labute approximate surface area is 670 Å². The zero-order chi connectivity index (χ0) is 87.1. The predicted molar refractivity (Wildman–Crippen MR) is 367 cm³/mol. The van der Waals surface area contributed by atoms with Crippen LogP contribution >= 0.6 is 0 Å². The van der Waals surface area contributed by atoms with E-state index in [1.165, 1.54) is 13.8 Å². The van der Waals surface area contributed by atoms with Crippen LogP contribution in [0.5, 0.6) is 0 Å². The molecule has 9 heterocycles. The number of amides is 4. The third-order valence-electron chi connectivity index (χ3n) is 21.9. The molecule has 18 unspecified atom stereocenters. The van der Waals surface area contributed by atoms with Crippen LogP contribution in [0.2, 0.25) is 0 Å². The summed E-state index contributed by atoms with van der Waals surface area (Å²) in [6.07, 6.45) is -81.9. The van der Waals surface area contributed by atoms with E-state index in [9.17, 15) is 147 Å². The van der Waals surface area contributed by atoms with Gasteiger partial charge in [0.1, 0.15) is 201 Å². The Hall–Kier alpha value is -4.29. The van der Waals surface area contributed by atoms with Crippen molar-refractivity contribution in [2.45, 2.75) is 324 Å². The number of aliphatic hydroxyl groups is 24. The Morgan fingerprint density at radius 2 is 0.737 bits per heavy atom. The highest BCUT2D eigenvalue weighted by atomic mass is 16.9. The summed E-state index contributed by atoms with van der Waals surface area (Å²) in [4.78, 5) is 62.7. The van der Waals surface area contributed by atoms with E-state index in [1.807, 2.05) is 0 Å². The van der Waals surface area contributed by atoms with Crippen LogP contribution in [-0.2, 0) is 109 Å². The lowest BCUT2D eigenvalue weighted by Gasteiger charge is -2.51. The molecule has 51 heteroatoms. The maximum Gasteiger partial charge on any atom is 0.332 e. The minimum absolute atomic E-state index is 0.183. The van der Waals surface area contributed by atoms with Crippen LogP contribution in [0, 0.1) is 5.92 Å². The van der Waals surface area contributed by atoms with Crippen LogP contribution in [0.1, 0.15) is 48.0 Å². The van der Waals surface area contributed by atoms with Gasteiger partial charge in [0.25, 0.3) is 6.47 Å². The van der Waals surface area contributed by atoms with Gasteiger partial charge in [0.15, 0.2) is 44.0 Å². The number of ether oxygens (including phenoxy) is 18. The third kappa shape index (κ3) is 21.8. The summed E-state index contributed by atoms with van der Waals surface area (Å²) >= 11 is 0. The van der Waals surface area contributed by atoms with Crippen molar-refractivity contribution < 1.29 is 232 Å². The normalized spacial score (nSPS) is 47.5. The highest BCUT2D eigenvalue weighted by molar-refractivity contribution is 5.74. The fraction of sp³-hybridized carbons (Fsp3) is 0.925. The second kappa shape index (κ2) is 42.6. The first-order valence-corrected chi connectivity index (χ1v) is 37.9. The number of carbonyl (C=O) groups excluding carboxylic acids is 5. The molecule has 0 aromatic heterocycles. The number of nitrogens with one attached hydrogen (secondary N) is 4. The van der Waals surface area contributed by atoms with Crippen molar-refractivity contribution in [3.05, 3.63) is 0 Å². The minimum atomic E-state index is -2.65. The molecule has 9 saturated heterocycles. The molecule has 0 bridgehead atoms. The Bertz CT molecular complexity index is 3180. The molecule has 9 aliphatic rings. The Balaban J connectivity index is 1.01. The number of aliphatic hydroxyl groups excluding tert-OH is 24. The Kier molecular flexibility index (Phi) is 35.2. The summed E-state index contributed by atoms with van der Waals surface area (Å²) < 4.78 is 107. The second-order valence-corrected chi connectivity index (χ2v) is 30.1. The summed E-state index contributed by atoms with van der Waals surface area (Å²) in [5, 5.41) is 278. The van der Waals surface area contributed by atoms with Crippen molar-refractivity contribution in [1.29, 1.82) is 0 Å². The SMILES string of the molecule is CC(=O)NC1C(O)[C@H](O[C@@H]2OC(CO[C@]3(OC=O)C[C@@H](O)[C@@H](C)C([C@H](O)[C@H](O)CO)O3)[C@H](O)[C@H](O)C2O)[C@H](CO)O[C@H]1OC1[C@@H](OCC2O[C@@H](O[C@@H]3C(CO)O[C@@H](O[C@@H]4C(CO)O[C@@H](C)[C@@H](NC(C)=O)C4O)[C@@H](NC(C)=O)C3O)[C@H](O)C(O[C@H]3OC(CO)[C@@H](O)C(O)C3O[C@@H]3OC(CO)[C@@H](O)[C@H](O)C3NC(C)=O)[C@@H]2O)OC(CO)[C@@H](O)[C@@H]1O. The largest absolute Gasteiger partial charge is 0.410 e. The zero-order valence-corrected chi connectivity index (χ0v) is 64.3. The van der Waals surface area contributed by atoms with E-state index in [1.54, 1.807) is 0 Å². The molecule has 0 saturated carbocycles. The molecule has 118 heavy (non-hydrogen) atoms. The van der Waals surface area contributed by atoms with Crippen molar-refractivity contribution in [2.24, 2.45) is 5.92 Å². The van der Waals surface area contributed by atoms with Crippen LogP contribution in [-0.4, -0.2) is 488 Å². The molecule has 9 aliphatic heterocycles. The van der Waals surface area contributed by atoms with E-state index in [0.29, 0.717) is 0 Å². The van der Waals surface area contributed by atoms with Crippen molar-refractivity contribution in [1.82, 2.24) is 21.3 Å². The van der Waals surface area contributed by atoms with Gasteiger partial charge in [-0.25, -0.2) is 0 Å². The van der Waals surface area contributed by atoms with Crippen molar-refractivity contribution in [3.8, 4) is 0 Å². The fourth-order valence-corrected chi connectivity index (χ4v) is 15.4. The molecule has 0 spiro atoms. The first kappa shape index (κ1) is 97.5. The van der Waals surface area contributed by atoms with Gasteiger partial charge in [0.05, 0.1) is 90.2 Å². The lowest BCUT2D eigenvalue weighted by atomic mass is 9.87. The molecular weight excluding hydrogens is 1610 g/mol. The predicted octanol–water partition coefficient (Wildman–Crippen LogP) is -18.5. The molecule has 0 radical (unpaired) electrons. The maximum absolute atomic E-state index is 13.1. The molecule has 9 fully saturated rings. The van der Waals surface area contributed by atoms with Crippen LogP contribution in [0.3, 0.4) is 0 Å². The Morgan fingerprint density at radius 1 is 0.381 bits per heavy atom. The van der Waals surface area contributed by atoms with Gasteiger partial charge in [-0.1, -0.05) is 6.92 Å². The molecule has 51 nitrogen and oxygen atoms in total. The molecule has 28 N–H and O–H groups in total. The molecule has 4 amide bonds. The minimum Gasteiger partial charge on any atom is -0.410 e. The van der Waals surface area contributed by atoms with Gasteiger partial charge in [-0.15, -0.1) is 0 Å². The van der Waals surface area contributed by atoms with E-state index >= 15 is 0 Å². The van der Waals surface area contributed by atoms with E-state index < -0.39 is 371 Å². The topological polar surface area (TPSA) is 785 Å². The molecule has 0 aliphatic carbocycles. The van der Waals surface area contributed by atoms with Crippen LogP contribution in [0.25, 0.3) is 0 Å². The zero-order valence-electron chi connectivity index (χ0n) is 64.3. The smallest absolute Gasteiger partial charge is 0.332 e. The third-order valence-corrected chi connectivity index (χ3v) is 21.9. The van der Waals surface area contributed by atoms with E-state index in [2.05, 4.69) is 21.3 Å². The lowest BCUT2D eigenvalue weighted by molar-refractivity contribution is -0.424. The van der Waals surface area contributed by atoms with Crippen molar-refractivity contribution >= 4 is 30.1 Å².